The Morgan fingerprint density at radius 1 is 0.366 bits per heavy atom. The van der Waals surface area contributed by atoms with E-state index in [1.165, 1.54) is 128 Å². The van der Waals surface area contributed by atoms with E-state index >= 15 is 9.59 Å². The number of ether oxygens (including phenoxy) is 2. The van der Waals surface area contributed by atoms with E-state index in [1.54, 1.807) is 18.2 Å². The molecule has 2 aliphatic rings. The largest absolute Gasteiger partial charge is 0.424 e. The summed E-state index contributed by atoms with van der Waals surface area (Å²) < 4.78 is 178. The molecule has 14 N–H and O–H groups in total. The van der Waals surface area contributed by atoms with Gasteiger partial charge in [-0.3, -0.25) is 47.0 Å². The van der Waals surface area contributed by atoms with Crippen molar-refractivity contribution in [1.29, 1.82) is 0 Å². The minimum Gasteiger partial charge on any atom is -0.424 e. The molecule has 0 saturated carbocycles. The van der Waals surface area contributed by atoms with Gasteiger partial charge in [-0.25, -0.2) is 21.0 Å². The Kier molecular flexibility index (Phi) is 26.8. The molecule has 686 valence electrons. The van der Waals surface area contributed by atoms with E-state index < -0.39 is 135 Å². The van der Waals surface area contributed by atoms with Crippen molar-refractivity contribution in [1.82, 2.24) is 39.0 Å². The molecule has 14 aromatic rings. The quantitative estimate of drug-likeness (QED) is 0.00429. The number of hydrogen-bond acceptors (Lipinski definition) is 44. The molecule has 0 radical (unpaired) electrons. The van der Waals surface area contributed by atoms with Crippen LogP contribution >= 0.6 is 48.2 Å². The zero-order valence-electron chi connectivity index (χ0n) is 67.1. The predicted octanol–water partition coefficient (Wildman–Crippen LogP) is 13.4. The van der Waals surface area contributed by atoms with Gasteiger partial charge in [-0.05, 0) is 132 Å². The first-order valence-corrected chi connectivity index (χ1v) is 46.3. The number of aryl methyl sites for hydroxylation is 2. The van der Waals surface area contributed by atoms with Crippen LogP contribution in [0.25, 0.3) is 44.1 Å². The van der Waals surface area contributed by atoms with Crippen molar-refractivity contribution in [2.45, 2.75) is 39.2 Å². The molecule has 4 heterocycles. The number of carbonyl (C=O) groups excluding carboxylic acids is 4. The number of anilines is 10. The highest BCUT2D eigenvalue weighted by Gasteiger charge is 2.38. The van der Waals surface area contributed by atoms with Crippen molar-refractivity contribution >= 4 is 192 Å². The molecule has 54 heteroatoms. The lowest BCUT2D eigenvalue weighted by Crippen LogP contribution is -2.29. The molecule has 0 fully saturated rings. The Morgan fingerprint density at radius 3 is 1.22 bits per heavy atom. The van der Waals surface area contributed by atoms with Crippen molar-refractivity contribution in [3.05, 3.63) is 259 Å². The van der Waals surface area contributed by atoms with Gasteiger partial charge in [0.15, 0.2) is 23.1 Å². The fourth-order valence-electron chi connectivity index (χ4n) is 14.4. The van der Waals surface area contributed by atoms with Gasteiger partial charge in [0, 0.05) is 81.1 Å². The van der Waals surface area contributed by atoms with E-state index in [4.69, 9.17) is 28.7 Å². The molecule has 46 nitrogen and oxygen atoms in total. The third kappa shape index (κ3) is 19.4. The molecule has 2 aliphatic carbocycles. The normalized spacial score (nSPS) is 12.3. The van der Waals surface area contributed by atoms with Gasteiger partial charge >= 0.3 is 12.0 Å². The van der Waals surface area contributed by atoms with E-state index in [9.17, 15) is 81.6 Å². The maximum absolute atomic E-state index is 15.2. The van der Waals surface area contributed by atoms with E-state index in [-0.39, 0.29) is 181 Å². The van der Waals surface area contributed by atoms with Crippen LogP contribution in [0.2, 0.25) is 0 Å². The summed E-state index contributed by atoms with van der Waals surface area (Å²) in [6.45, 7) is -0.569. The van der Waals surface area contributed by atoms with Gasteiger partial charge in [0.1, 0.15) is 21.3 Å². The number of ketones is 4. The molecule has 0 unspecified atom stereocenters. The van der Waals surface area contributed by atoms with Crippen LogP contribution in [0.5, 0.6) is 23.5 Å². The molecule has 134 heavy (non-hydrogen) atoms. The van der Waals surface area contributed by atoms with Crippen LogP contribution < -0.4 is 52.5 Å². The van der Waals surface area contributed by atoms with Crippen LogP contribution in [0.15, 0.2) is 243 Å². The second-order valence-electron chi connectivity index (χ2n) is 28.0. The number of nitrogens with zero attached hydrogens (tertiary/aromatic N) is 8. The summed E-state index contributed by atoms with van der Waals surface area (Å²) in [4.78, 5) is 113. The first-order valence-electron chi connectivity index (χ1n) is 37.6. The van der Waals surface area contributed by atoms with Gasteiger partial charge in [-0.2, -0.15) is 63.6 Å². The van der Waals surface area contributed by atoms with Crippen LogP contribution in [-0.4, -0.2) is 148 Å². The zero-order valence-corrected chi connectivity index (χ0v) is 73.6. The van der Waals surface area contributed by atoms with Crippen LogP contribution in [0.4, 0.5) is 57.9 Å². The molecule has 0 bridgehead atoms. The lowest BCUT2D eigenvalue weighted by molar-refractivity contribution is -0.432. The number of aromatic nitrogens is 8. The molecule has 0 atom stereocenters. The Hall–Kier alpha value is -13.7. The summed E-state index contributed by atoms with van der Waals surface area (Å²) in [7, 11) is -17.8. The molecule has 0 saturated heterocycles. The number of carbonyl (C=O) groups is 4. The SMILES string of the molecule is Cn1c(=O)c(C(=O)c2cccc(SOOO)c2)c2c3c(c(Nc4cc(Nc5nc(NCCNc6nc(Nc7cc(Nc8ccc9c%10c8C(=O)c8ccccc8-c%10c(C(=O)c8cccc(S(=O)(=O)O)c8)c(=O)n9C)c(S(=O)(=O)O)cc7SOOO)nc(Oc7ccc(S(=O)(=O)O)cc7)n6)nc(Oc6ccc(SOOO)cc6)n5)c(S(=O)(=O)O)cc4SOOO)ccc31)C(=O)c1ccccc1-2. The highest BCUT2D eigenvalue weighted by molar-refractivity contribution is 7.95. The summed E-state index contributed by atoms with van der Waals surface area (Å²) in [6, 6.07) is 40.0. The number of nitrogens with one attached hydrogen (secondary N) is 6. The molecule has 0 spiro atoms. The van der Waals surface area contributed by atoms with Gasteiger partial charge in [0.25, 0.3) is 51.6 Å². The Balaban J connectivity index is 0.752. The smallest absolute Gasteiger partial charge is 0.328 e. The molecular formula is C80H56N14O32S8. The molecule has 4 aromatic heterocycles. The summed E-state index contributed by atoms with van der Waals surface area (Å²) in [5.74, 6) is -5.17. The van der Waals surface area contributed by atoms with Crippen LogP contribution in [-0.2, 0) is 92.1 Å². The average molecular weight is 1980 g/mol. The maximum atomic E-state index is 15.2. The summed E-state index contributed by atoms with van der Waals surface area (Å²) >= 11 is 1.48. The third-order valence-corrected chi connectivity index (χ3v) is 26.0. The average Bonchev–Trinajstić information content (AvgIpc) is 0.708. The Morgan fingerprint density at radius 2 is 0.761 bits per heavy atom. The fourth-order valence-corrected chi connectivity index (χ4v) is 18.6. The van der Waals surface area contributed by atoms with E-state index in [0.29, 0.717) is 29.0 Å². The third-order valence-electron chi connectivity index (χ3n) is 20.1. The number of hydrogen-bond donors (Lipinski definition) is 14. The van der Waals surface area contributed by atoms with Crippen LogP contribution in [0.3, 0.4) is 0 Å². The molecular weight excluding hydrogens is 1930 g/mol. The van der Waals surface area contributed by atoms with Crippen molar-refractivity contribution in [2.24, 2.45) is 14.1 Å². The highest BCUT2D eigenvalue weighted by atomic mass is 32.2. The topological polar surface area (TPSA) is 653 Å². The lowest BCUT2D eigenvalue weighted by atomic mass is 9.80. The summed E-state index contributed by atoms with van der Waals surface area (Å²) in [5.41, 5.74) is -4.83. The van der Waals surface area contributed by atoms with Gasteiger partial charge in [-0.15, -0.1) is 17.3 Å². The maximum Gasteiger partial charge on any atom is 0.328 e. The first kappa shape index (κ1) is 93.5. The molecule has 10 aromatic carbocycles. The monoisotopic (exact) mass is 1980 g/mol. The highest BCUT2D eigenvalue weighted by Crippen LogP contribution is 2.50. The Labute approximate surface area is 767 Å². The van der Waals surface area contributed by atoms with Gasteiger partial charge < -0.3 is 50.5 Å². The standard InChI is InChI=1S/C80H56N14O32S8/c1-93-55-27-25-49(63-65(55)61(45-13-3-5-15-47(45)71(63)97)67(73(93)99)69(95)37-9-7-11-42(31-37)128-124-120-102)83-51-33-54(60(134(114,115)116)35-57(51)129-125-121-103)86-78-88-76(90-80(92-78)117-39-17-21-41(22-18-39)127-123-119-101)82-30-29-81-75-87-77(91-79(89-75)118-40-19-23-43(24-20-40)131(105,106)107)85-52-34-53(59(133(111,112)113)36-58(52)130-126-122-104)84-50-26-28-56-66-62(46-14-4-6-16-48(46)72(98)64(50)66)68(74(100)94(56)2)70(96)38-10-8-12-44(32-38)132(108,109)110/h3-28,31-36,83-84,101-104H,29-30H2,1-2H3,(H,105,106,107)(H,108,109,110)(H,111,112,113)(H,114,115,116)(H2,81,85,87,89,91)(H2,82,86,88,90,92). The van der Waals surface area contributed by atoms with Gasteiger partial charge in [0.05, 0.1) is 135 Å². The molecule has 0 aliphatic heterocycles. The second kappa shape index (κ2) is 38.5. The minimum absolute atomic E-state index is 0.0166. The van der Waals surface area contributed by atoms with Crippen LogP contribution in [0.1, 0.15) is 63.7 Å². The van der Waals surface area contributed by atoms with E-state index in [2.05, 4.69) is 90.6 Å². The van der Waals surface area contributed by atoms with Gasteiger partial charge in [0.2, 0.25) is 23.8 Å². The van der Waals surface area contributed by atoms with Crippen molar-refractivity contribution in [3.8, 4) is 45.8 Å². The van der Waals surface area contributed by atoms with Crippen molar-refractivity contribution in [2.75, 3.05) is 45.0 Å². The minimum atomic E-state index is -5.41. The fraction of sp³-hybridized carbons (Fsp3) is 0.0500. The van der Waals surface area contributed by atoms with Crippen molar-refractivity contribution in [3.63, 3.8) is 0 Å². The number of rotatable bonds is 37. The lowest BCUT2D eigenvalue weighted by Gasteiger charge is -2.26. The van der Waals surface area contributed by atoms with Gasteiger partial charge in [-0.1, -0.05) is 92.9 Å². The summed E-state index contributed by atoms with van der Waals surface area (Å²) in [6.07, 6.45) is 0. The second-order valence-corrected chi connectivity index (χ2v) is 36.6. The van der Waals surface area contributed by atoms with Crippen LogP contribution in [0, 0.1) is 0 Å². The van der Waals surface area contributed by atoms with Crippen molar-refractivity contribution < 1.29 is 139 Å². The summed E-state index contributed by atoms with van der Waals surface area (Å²) in [5, 5.41) is 69.4. The number of fused-ring (bicyclic) bond motifs is 4. The Bertz CT molecular complexity index is 7850. The van der Waals surface area contributed by atoms with E-state index in [0.717, 1.165) is 71.3 Å². The first-order chi connectivity index (χ1) is 64.1. The number of pyridine rings is 2. The molecule has 16 rings (SSSR count). The molecule has 0 amide bonds. The number of benzene rings is 10. The predicted molar refractivity (Wildman–Crippen MR) is 473 cm³/mol. The zero-order chi connectivity index (χ0) is 95.0. The van der Waals surface area contributed by atoms with E-state index in [1.807, 2.05) is 0 Å².